The maximum Gasteiger partial charge on any atom is 0.229 e. The number of nitrogens with zero attached hydrogens (tertiary/aromatic N) is 4. The van der Waals surface area contributed by atoms with Gasteiger partial charge >= 0.3 is 0 Å². The van der Waals surface area contributed by atoms with Crippen LogP contribution in [0.4, 0.5) is 16.5 Å². The summed E-state index contributed by atoms with van der Waals surface area (Å²) in [4.78, 5) is 5.99. The van der Waals surface area contributed by atoms with Crippen molar-refractivity contribution < 1.29 is 0 Å². The normalized spacial score (nSPS) is 11.0. The van der Waals surface area contributed by atoms with Crippen LogP contribution in [0.2, 0.25) is 5.02 Å². The van der Waals surface area contributed by atoms with Crippen molar-refractivity contribution in [3.8, 4) is 0 Å². The van der Waals surface area contributed by atoms with Crippen molar-refractivity contribution in [1.82, 2.24) is 4.98 Å². The van der Waals surface area contributed by atoms with Gasteiger partial charge in [0, 0.05) is 31.4 Å². The van der Waals surface area contributed by atoms with Crippen LogP contribution in [0.3, 0.4) is 0 Å². The van der Waals surface area contributed by atoms with E-state index in [2.05, 4.69) is 15.2 Å². The third-order valence-electron chi connectivity index (χ3n) is 2.11. The summed E-state index contributed by atoms with van der Waals surface area (Å²) in [6.45, 7) is 0. The van der Waals surface area contributed by atoms with E-state index in [4.69, 9.17) is 11.6 Å². The van der Waals surface area contributed by atoms with Crippen molar-refractivity contribution in [2.75, 3.05) is 19.0 Å². The quantitative estimate of drug-likeness (QED) is 0.778. The number of hydrogen-bond acceptors (Lipinski definition) is 5. The Bertz CT molecular complexity index is 522. The average Bonchev–Trinajstić information content (AvgIpc) is 2.80. The molecule has 0 amide bonds. The molecular weight excluding hydrogens is 256 g/mol. The minimum atomic E-state index is 0.580. The highest BCUT2D eigenvalue weighted by molar-refractivity contribution is 7.13. The number of benzene rings is 1. The van der Waals surface area contributed by atoms with Gasteiger partial charge in [0.15, 0.2) is 0 Å². The molecule has 17 heavy (non-hydrogen) atoms. The van der Waals surface area contributed by atoms with Gasteiger partial charge in [-0.1, -0.05) is 11.6 Å². The molecule has 1 aromatic heterocycles. The lowest BCUT2D eigenvalue weighted by atomic mass is 10.3. The third kappa shape index (κ3) is 3.01. The zero-order valence-electron chi connectivity index (χ0n) is 9.46. The van der Waals surface area contributed by atoms with Crippen LogP contribution in [0.15, 0.2) is 40.0 Å². The Morgan fingerprint density at radius 3 is 2.71 bits per heavy atom. The molecule has 0 saturated carbocycles. The molecule has 0 bridgehead atoms. The Morgan fingerprint density at radius 2 is 2.12 bits per heavy atom. The summed E-state index contributed by atoms with van der Waals surface area (Å²) in [5, 5.41) is 11.1. The molecule has 0 unspecified atom stereocenters. The van der Waals surface area contributed by atoms with Crippen molar-refractivity contribution in [3.05, 3.63) is 34.8 Å². The van der Waals surface area contributed by atoms with Gasteiger partial charge in [-0.25, -0.2) is 4.98 Å². The van der Waals surface area contributed by atoms with E-state index in [0.717, 1.165) is 5.69 Å². The van der Waals surface area contributed by atoms with Crippen LogP contribution in [-0.4, -0.2) is 19.1 Å². The van der Waals surface area contributed by atoms with Crippen LogP contribution in [-0.2, 0) is 0 Å². The first-order valence-electron chi connectivity index (χ1n) is 4.95. The molecule has 88 valence electrons. The number of anilines is 1. The van der Waals surface area contributed by atoms with Crippen LogP contribution in [0.25, 0.3) is 0 Å². The molecule has 2 rings (SSSR count). The summed E-state index contributed by atoms with van der Waals surface area (Å²) < 4.78 is 0. The fraction of sp³-hybridized carbons (Fsp3) is 0.182. The third-order valence-corrected chi connectivity index (χ3v) is 3.07. The smallest absolute Gasteiger partial charge is 0.229 e. The van der Waals surface area contributed by atoms with Crippen molar-refractivity contribution in [2.24, 2.45) is 10.2 Å². The Kier molecular flexibility index (Phi) is 3.71. The molecule has 0 aliphatic heterocycles. The maximum absolute atomic E-state index is 6.12. The predicted octanol–water partition coefficient (Wildman–Crippen LogP) is 4.28. The summed E-state index contributed by atoms with van der Waals surface area (Å²) in [6.07, 6.45) is 1.69. The number of halogens is 1. The maximum atomic E-state index is 6.12. The lowest BCUT2D eigenvalue weighted by molar-refractivity contribution is 1.13. The Labute approximate surface area is 109 Å². The second-order valence-electron chi connectivity index (χ2n) is 3.54. The van der Waals surface area contributed by atoms with E-state index in [-0.39, 0.29) is 0 Å². The summed E-state index contributed by atoms with van der Waals surface area (Å²) in [5.74, 6) is 0. The first kappa shape index (κ1) is 12.0. The lowest BCUT2D eigenvalue weighted by Gasteiger charge is -2.12. The average molecular weight is 267 g/mol. The van der Waals surface area contributed by atoms with E-state index < -0.39 is 0 Å². The van der Waals surface area contributed by atoms with Gasteiger partial charge < -0.3 is 4.90 Å². The van der Waals surface area contributed by atoms with E-state index in [1.165, 1.54) is 11.3 Å². The second-order valence-corrected chi connectivity index (χ2v) is 4.83. The van der Waals surface area contributed by atoms with Gasteiger partial charge in [0.05, 0.1) is 5.02 Å². The number of rotatable bonds is 3. The zero-order chi connectivity index (χ0) is 12.3. The minimum absolute atomic E-state index is 0.580. The van der Waals surface area contributed by atoms with Gasteiger partial charge in [-0.2, -0.15) is 0 Å². The van der Waals surface area contributed by atoms with E-state index >= 15 is 0 Å². The van der Waals surface area contributed by atoms with Crippen molar-refractivity contribution in [1.29, 1.82) is 0 Å². The Hall–Kier alpha value is -1.46. The van der Waals surface area contributed by atoms with Gasteiger partial charge in [-0.15, -0.1) is 21.6 Å². The largest absolute Gasteiger partial charge is 0.378 e. The molecule has 2 aromatic rings. The minimum Gasteiger partial charge on any atom is -0.378 e. The molecule has 0 radical (unpaired) electrons. The van der Waals surface area contributed by atoms with Gasteiger partial charge in [0.25, 0.3) is 0 Å². The molecule has 0 fully saturated rings. The highest BCUT2D eigenvalue weighted by Crippen LogP contribution is 2.30. The van der Waals surface area contributed by atoms with E-state index in [1.807, 2.05) is 42.6 Å². The zero-order valence-corrected chi connectivity index (χ0v) is 11.0. The molecule has 4 nitrogen and oxygen atoms in total. The molecule has 1 heterocycles. The molecule has 1 aromatic carbocycles. The standard InChI is InChI=1S/C11H11ClN4S/c1-16(2)8-3-4-10(9(12)7-8)14-15-11-13-5-6-17-11/h3-7H,1-2H3. The Morgan fingerprint density at radius 1 is 1.29 bits per heavy atom. The van der Waals surface area contributed by atoms with Crippen LogP contribution in [0.1, 0.15) is 0 Å². The fourth-order valence-corrected chi connectivity index (χ4v) is 1.88. The van der Waals surface area contributed by atoms with Gasteiger partial charge in [-0.3, -0.25) is 0 Å². The SMILES string of the molecule is CN(C)c1ccc(N=Nc2nccs2)c(Cl)c1. The molecule has 0 aliphatic rings. The van der Waals surface area contributed by atoms with Gasteiger partial charge in [0.2, 0.25) is 5.13 Å². The Balaban J connectivity index is 2.22. The molecule has 0 saturated heterocycles. The molecule has 0 spiro atoms. The van der Waals surface area contributed by atoms with Crippen LogP contribution in [0, 0.1) is 0 Å². The lowest BCUT2D eigenvalue weighted by Crippen LogP contribution is -2.07. The van der Waals surface area contributed by atoms with Crippen LogP contribution < -0.4 is 4.90 Å². The number of aromatic nitrogens is 1. The molecule has 0 N–H and O–H groups in total. The molecule has 0 aliphatic carbocycles. The topological polar surface area (TPSA) is 40.9 Å². The van der Waals surface area contributed by atoms with Crippen molar-refractivity contribution in [3.63, 3.8) is 0 Å². The highest BCUT2D eigenvalue weighted by Gasteiger charge is 2.02. The summed E-state index contributed by atoms with van der Waals surface area (Å²) >= 11 is 7.55. The van der Waals surface area contributed by atoms with Crippen molar-refractivity contribution >= 4 is 39.4 Å². The highest BCUT2D eigenvalue weighted by atomic mass is 35.5. The van der Waals surface area contributed by atoms with E-state index in [1.54, 1.807) is 6.20 Å². The van der Waals surface area contributed by atoms with E-state index in [0.29, 0.717) is 15.8 Å². The van der Waals surface area contributed by atoms with Gasteiger partial charge in [-0.05, 0) is 18.2 Å². The summed E-state index contributed by atoms with van der Waals surface area (Å²) in [5.41, 5.74) is 1.68. The summed E-state index contributed by atoms with van der Waals surface area (Å²) in [6, 6.07) is 5.65. The summed E-state index contributed by atoms with van der Waals surface area (Å²) in [7, 11) is 3.92. The van der Waals surface area contributed by atoms with Gasteiger partial charge in [0.1, 0.15) is 5.69 Å². The number of hydrogen-bond donors (Lipinski definition) is 0. The fourth-order valence-electron chi connectivity index (χ4n) is 1.22. The first-order valence-corrected chi connectivity index (χ1v) is 6.20. The van der Waals surface area contributed by atoms with Crippen molar-refractivity contribution in [2.45, 2.75) is 0 Å². The predicted molar refractivity (Wildman–Crippen MR) is 72.1 cm³/mol. The molecule has 6 heteroatoms. The van der Waals surface area contributed by atoms with E-state index in [9.17, 15) is 0 Å². The molecule has 0 atom stereocenters. The monoisotopic (exact) mass is 266 g/mol. The van der Waals surface area contributed by atoms with Crippen LogP contribution in [0.5, 0.6) is 0 Å². The first-order chi connectivity index (χ1) is 8.16. The van der Waals surface area contributed by atoms with Crippen LogP contribution >= 0.6 is 22.9 Å². The molecular formula is C11H11ClN4S. The number of thiazole rings is 1. The number of azo groups is 1. The second kappa shape index (κ2) is 5.25.